The van der Waals surface area contributed by atoms with E-state index in [1.165, 1.54) is 11.8 Å². The molecule has 0 aliphatic carbocycles. The van der Waals surface area contributed by atoms with Crippen LogP contribution < -0.4 is 14.8 Å². The normalized spacial score (nSPS) is 17.8. The minimum absolute atomic E-state index is 0.0351. The second kappa shape index (κ2) is 6.71. The summed E-state index contributed by atoms with van der Waals surface area (Å²) < 4.78 is 10.6. The molecule has 7 heteroatoms. The molecule has 1 heterocycles. The Balaban J connectivity index is 2.34. The predicted molar refractivity (Wildman–Crippen MR) is 80.5 cm³/mol. The van der Waals surface area contributed by atoms with E-state index >= 15 is 0 Å². The van der Waals surface area contributed by atoms with Gasteiger partial charge in [-0.05, 0) is 18.2 Å². The van der Waals surface area contributed by atoms with Gasteiger partial charge in [0.05, 0.1) is 20.0 Å². The highest BCUT2D eigenvalue weighted by Gasteiger charge is 2.35. The summed E-state index contributed by atoms with van der Waals surface area (Å²) in [6.45, 7) is 0.0351. The van der Waals surface area contributed by atoms with Crippen molar-refractivity contribution < 1.29 is 19.1 Å². The number of carbonyl (C=O) groups excluding carboxylic acids is 2. The third-order valence-electron chi connectivity index (χ3n) is 3.26. The maximum Gasteiger partial charge on any atom is 0.239 e. The third kappa shape index (κ3) is 3.24. The molecule has 0 saturated carbocycles. The van der Waals surface area contributed by atoms with Crippen molar-refractivity contribution in [3.8, 4) is 11.5 Å². The molecular weight excluding hydrogens is 292 g/mol. The van der Waals surface area contributed by atoms with Crippen molar-refractivity contribution in [3.05, 3.63) is 23.8 Å². The summed E-state index contributed by atoms with van der Waals surface area (Å²) in [6.07, 6.45) is 0. The van der Waals surface area contributed by atoms with Crippen molar-refractivity contribution in [2.45, 2.75) is 5.37 Å². The van der Waals surface area contributed by atoms with Crippen LogP contribution in [-0.2, 0) is 9.59 Å². The van der Waals surface area contributed by atoms with Gasteiger partial charge < -0.3 is 19.7 Å². The fourth-order valence-corrected chi connectivity index (χ4v) is 3.35. The first-order valence-electron chi connectivity index (χ1n) is 6.44. The van der Waals surface area contributed by atoms with Crippen LogP contribution in [0.5, 0.6) is 11.5 Å². The second-order valence-corrected chi connectivity index (χ2v) is 5.53. The van der Waals surface area contributed by atoms with Crippen LogP contribution in [0.4, 0.5) is 0 Å². The Morgan fingerprint density at radius 2 is 2.19 bits per heavy atom. The average Bonchev–Trinajstić information content (AvgIpc) is 2.87. The molecule has 1 fully saturated rings. The number of nitrogens with one attached hydrogen (secondary N) is 1. The SMILES string of the molecule is CNC(=O)CN1C(=O)CS[C@@H]1c1cc(OC)ccc1OC. The molecule has 1 saturated heterocycles. The highest BCUT2D eigenvalue weighted by Crippen LogP contribution is 2.43. The van der Waals surface area contributed by atoms with Crippen LogP contribution in [0, 0.1) is 0 Å². The first-order valence-corrected chi connectivity index (χ1v) is 7.49. The molecule has 0 aromatic heterocycles. The van der Waals surface area contributed by atoms with Gasteiger partial charge in [-0.25, -0.2) is 0 Å². The molecule has 1 aliphatic rings. The summed E-state index contributed by atoms with van der Waals surface area (Å²) in [7, 11) is 4.72. The molecule has 1 N–H and O–H groups in total. The number of likely N-dealkylation sites (N-methyl/N-ethyl adjacent to an activating group) is 1. The third-order valence-corrected chi connectivity index (χ3v) is 4.50. The Kier molecular flexibility index (Phi) is 4.95. The zero-order chi connectivity index (χ0) is 15.4. The number of nitrogens with zero attached hydrogens (tertiary/aromatic N) is 1. The van der Waals surface area contributed by atoms with Gasteiger partial charge in [-0.2, -0.15) is 0 Å². The van der Waals surface area contributed by atoms with Gasteiger partial charge in [-0.15, -0.1) is 11.8 Å². The van der Waals surface area contributed by atoms with Gasteiger partial charge in [-0.1, -0.05) is 0 Å². The molecule has 2 amide bonds. The predicted octanol–water partition coefficient (Wildman–Crippen LogP) is 1.02. The standard InChI is InChI=1S/C14H18N2O4S/c1-15-12(17)7-16-13(18)8-21-14(16)10-6-9(19-2)4-5-11(10)20-3/h4-6,14H,7-8H2,1-3H3,(H,15,17)/t14-/m1/s1. The molecule has 1 aliphatic heterocycles. The molecule has 1 atom stereocenters. The average molecular weight is 310 g/mol. The number of thioether (sulfide) groups is 1. The van der Waals surface area contributed by atoms with E-state index in [1.807, 2.05) is 6.07 Å². The highest BCUT2D eigenvalue weighted by molar-refractivity contribution is 8.00. The number of ether oxygens (including phenoxy) is 2. The molecular formula is C14H18N2O4S. The van der Waals surface area contributed by atoms with Gasteiger partial charge >= 0.3 is 0 Å². The van der Waals surface area contributed by atoms with Gasteiger partial charge in [0.1, 0.15) is 23.4 Å². The van der Waals surface area contributed by atoms with E-state index in [-0.39, 0.29) is 23.7 Å². The topological polar surface area (TPSA) is 67.9 Å². The minimum Gasteiger partial charge on any atom is -0.497 e. The number of hydrogen-bond acceptors (Lipinski definition) is 5. The van der Waals surface area contributed by atoms with Crippen LogP contribution in [0.25, 0.3) is 0 Å². The van der Waals surface area contributed by atoms with E-state index in [0.29, 0.717) is 17.3 Å². The van der Waals surface area contributed by atoms with Gasteiger partial charge in [-0.3, -0.25) is 9.59 Å². The van der Waals surface area contributed by atoms with E-state index in [0.717, 1.165) is 5.56 Å². The lowest BCUT2D eigenvalue weighted by Crippen LogP contribution is -2.38. The van der Waals surface area contributed by atoms with Crippen molar-refractivity contribution in [2.75, 3.05) is 33.6 Å². The van der Waals surface area contributed by atoms with Crippen LogP contribution in [-0.4, -0.2) is 50.3 Å². The summed E-state index contributed by atoms with van der Waals surface area (Å²) in [5.74, 6) is 1.45. The van der Waals surface area contributed by atoms with Crippen molar-refractivity contribution in [2.24, 2.45) is 0 Å². The Hall–Kier alpha value is -1.89. The van der Waals surface area contributed by atoms with Crippen molar-refractivity contribution >= 4 is 23.6 Å². The molecule has 6 nitrogen and oxygen atoms in total. The number of amides is 2. The Morgan fingerprint density at radius 3 is 2.81 bits per heavy atom. The molecule has 1 aromatic carbocycles. The van der Waals surface area contributed by atoms with Gasteiger partial charge in [0, 0.05) is 12.6 Å². The summed E-state index contributed by atoms with van der Waals surface area (Å²) in [5.41, 5.74) is 0.830. The Labute approximate surface area is 127 Å². The molecule has 0 unspecified atom stereocenters. The maximum atomic E-state index is 12.0. The number of hydrogen-bond donors (Lipinski definition) is 1. The lowest BCUT2D eigenvalue weighted by atomic mass is 10.1. The first kappa shape index (κ1) is 15.5. The minimum atomic E-state index is -0.250. The molecule has 2 rings (SSSR count). The smallest absolute Gasteiger partial charge is 0.239 e. The fraction of sp³-hybridized carbons (Fsp3) is 0.429. The van der Waals surface area contributed by atoms with Crippen molar-refractivity contribution in [1.82, 2.24) is 10.2 Å². The van der Waals surface area contributed by atoms with Gasteiger partial charge in [0.2, 0.25) is 11.8 Å². The number of rotatable bonds is 5. The van der Waals surface area contributed by atoms with Crippen LogP contribution >= 0.6 is 11.8 Å². The highest BCUT2D eigenvalue weighted by atomic mass is 32.2. The maximum absolute atomic E-state index is 12.0. The van der Waals surface area contributed by atoms with E-state index < -0.39 is 0 Å². The zero-order valence-corrected chi connectivity index (χ0v) is 13.0. The van der Waals surface area contributed by atoms with E-state index in [9.17, 15) is 9.59 Å². The van der Waals surface area contributed by atoms with Gasteiger partial charge in [0.25, 0.3) is 0 Å². The lowest BCUT2D eigenvalue weighted by molar-refractivity contribution is -0.133. The number of carbonyl (C=O) groups is 2. The van der Waals surface area contributed by atoms with Crippen LogP contribution in [0.1, 0.15) is 10.9 Å². The van der Waals surface area contributed by atoms with Crippen molar-refractivity contribution in [1.29, 1.82) is 0 Å². The molecule has 1 aromatic rings. The van der Waals surface area contributed by atoms with E-state index in [4.69, 9.17) is 9.47 Å². The van der Waals surface area contributed by atoms with E-state index in [1.54, 1.807) is 38.3 Å². The van der Waals surface area contributed by atoms with Gasteiger partial charge in [0.15, 0.2) is 0 Å². The van der Waals surface area contributed by atoms with Crippen LogP contribution in [0.3, 0.4) is 0 Å². The molecule has 21 heavy (non-hydrogen) atoms. The van der Waals surface area contributed by atoms with E-state index in [2.05, 4.69) is 5.32 Å². The Bertz CT molecular complexity index is 550. The second-order valence-electron chi connectivity index (χ2n) is 4.47. The monoisotopic (exact) mass is 310 g/mol. The van der Waals surface area contributed by atoms with Crippen molar-refractivity contribution in [3.63, 3.8) is 0 Å². The summed E-state index contributed by atoms with van der Waals surface area (Å²) in [4.78, 5) is 25.2. The summed E-state index contributed by atoms with van der Waals surface area (Å²) >= 11 is 1.47. The quantitative estimate of drug-likeness (QED) is 0.879. The Morgan fingerprint density at radius 1 is 1.43 bits per heavy atom. The summed E-state index contributed by atoms with van der Waals surface area (Å²) in [6, 6.07) is 5.44. The number of benzene rings is 1. The van der Waals surface area contributed by atoms with Crippen LogP contribution in [0.2, 0.25) is 0 Å². The lowest BCUT2D eigenvalue weighted by Gasteiger charge is -2.25. The molecule has 0 spiro atoms. The fourth-order valence-electron chi connectivity index (χ4n) is 2.15. The molecule has 0 bridgehead atoms. The summed E-state index contributed by atoms with van der Waals surface area (Å²) in [5, 5.41) is 2.29. The first-order chi connectivity index (χ1) is 10.1. The molecule has 0 radical (unpaired) electrons. The zero-order valence-electron chi connectivity index (χ0n) is 12.2. The largest absolute Gasteiger partial charge is 0.497 e. The number of methoxy groups -OCH3 is 2. The van der Waals surface area contributed by atoms with Crippen LogP contribution in [0.15, 0.2) is 18.2 Å². The molecule has 114 valence electrons.